The Morgan fingerprint density at radius 2 is 2.12 bits per heavy atom. The molecule has 0 saturated carbocycles. The number of hydrogen-bond acceptors (Lipinski definition) is 4. The van der Waals surface area contributed by atoms with Gasteiger partial charge >= 0.3 is 0 Å². The van der Waals surface area contributed by atoms with E-state index >= 15 is 0 Å². The van der Waals surface area contributed by atoms with Crippen LogP contribution in [0.1, 0.15) is 38.4 Å². The lowest BCUT2D eigenvalue weighted by Crippen LogP contribution is -2.42. The van der Waals surface area contributed by atoms with Gasteiger partial charge in [0.25, 0.3) is 0 Å². The van der Waals surface area contributed by atoms with Gasteiger partial charge in [-0.25, -0.2) is 9.97 Å². The Bertz CT molecular complexity index is 340. The first-order valence-corrected chi connectivity index (χ1v) is 6.32. The van der Waals surface area contributed by atoms with Gasteiger partial charge in [0, 0.05) is 12.7 Å². The van der Waals surface area contributed by atoms with E-state index in [-0.39, 0.29) is 6.04 Å². The molecule has 0 aromatic carbocycles. The van der Waals surface area contributed by atoms with Crippen LogP contribution < -0.4 is 5.73 Å². The highest BCUT2D eigenvalue weighted by Crippen LogP contribution is 2.33. The van der Waals surface area contributed by atoms with Gasteiger partial charge in [-0.1, -0.05) is 13.8 Å². The van der Waals surface area contributed by atoms with Crippen LogP contribution in [0.25, 0.3) is 0 Å². The first-order chi connectivity index (χ1) is 8.12. The van der Waals surface area contributed by atoms with E-state index in [1.54, 1.807) is 12.5 Å². The minimum atomic E-state index is 0.245. The largest absolute Gasteiger partial charge is 0.329 e. The van der Waals surface area contributed by atoms with Crippen LogP contribution in [0.2, 0.25) is 0 Å². The van der Waals surface area contributed by atoms with Crippen molar-refractivity contribution in [1.29, 1.82) is 0 Å². The molecule has 2 N–H and O–H groups in total. The van der Waals surface area contributed by atoms with Gasteiger partial charge in [0.05, 0.1) is 11.7 Å². The molecule has 4 heteroatoms. The molecule has 1 aliphatic rings. The standard InChI is InChI=1S/C13H22N4/c1-13(2)4-7-17(8-5-13)12(9-14)11-3-6-15-10-16-11/h3,6,10,12H,4-5,7-9,14H2,1-2H3. The lowest BCUT2D eigenvalue weighted by atomic mass is 9.82. The highest BCUT2D eigenvalue weighted by molar-refractivity contribution is 5.06. The van der Waals surface area contributed by atoms with Crippen molar-refractivity contribution in [2.24, 2.45) is 11.1 Å². The predicted molar refractivity (Wildman–Crippen MR) is 68.4 cm³/mol. The van der Waals surface area contributed by atoms with Crippen molar-refractivity contribution in [3.8, 4) is 0 Å². The quantitative estimate of drug-likeness (QED) is 0.863. The van der Waals surface area contributed by atoms with Gasteiger partial charge in [-0.15, -0.1) is 0 Å². The van der Waals surface area contributed by atoms with Crippen LogP contribution in [0, 0.1) is 5.41 Å². The second kappa shape index (κ2) is 5.10. The lowest BCUT2D eigenvalue weighted by Gasteiger charge is -2.40. The van der Waals surface area contributed by atoms with Crippen molar-refractivity contribution in [1.82, 2.24) is 14.9 Å². The molecule has 1 aliphatic heterocycles. The highest BCUT2D eigenvalue weighted by atomic mass is 15.2. The monoisotopic (exact) mass is 234 g/mol. The number of rotatable bonds is 3. The smallest absolute Gasteiger partial charge is 0.115 e. The summed E-state index contributed by atoms with van der Waals surface area (Å²) in [5.41, 5.74) is 7.42. The zero-order valence-corrected chi connectivity index (χ0v) is 10.8. The molecule has 1 atom stereocenters. The van der Waals surface area contributed by atoms with Crippen molar-refractivity contribution < 1.29 is 0 Å². The lowest BCUT2D eigenvalue weighted by molar-refractivity contribution is 0.0947. The Kier molecular flexibility index (Phi) is 3.74. The number of likely N-dealkylation sites (tertiary alicyclic amines) is 1. The molecule has 1 fully saturated rings. The molecular weight excluding hydrogens is 212 g/mol. The second-order valence-corrected chi connectivity index (χ2v) is 5.59. The third-order valence-corrected chi connectivity index (χ3v) is 3.76. The van der Waals surface area contributed by atoms with Gasteiger partial charge in [0.2, 0.25) is 0 Å². The average molecular weight is 234 g/mol. The molecule has 0 aliphatic carbocycles. The Balaban J connectivity index is 2.05. The van der Waals surface area contributed by atoms with Crippen LogP contribution in [0.4, 0.5) is 0 Å². The first-order valence-electron chi connectivity index (χ1n) is 6.32. The van der Waals surface area contributed by atoms with Gasteiger partial charge in [-0.3, -0.25) is 4.90 Å². The highest BCUT2D eigenvalue weighted by Gasteiger charge is 2.29. The molecule has 2 heterocycles. The molecule has 2 rings (SSSR count). The van der Waals surface area contributed by atoms with Crippen molar-refractivity contribution in [2.75, 3.05) is 19.6 Å². The van der Waals surface area contributed by atoms with Gasteiger partial charge < -0.3 is 5.73 Å². The van der Waals surface area contributed by atoms with Crippen LogP contribution in [-0.4, -0.2) is 34.5 Å². The molecule has 4 nitrogen and oxygen atoms in total. The Hall–Kier alpha value is -1.00. The molecule has 17 heavy (non-hydrogen) atoms. The van der Waals surface area contributed by atoms with Crippen molar-refractivity contribution in [2.45, 2.75) is 32.7 Å². The molecule has 94 valence electrons. The van der Waals surface area contributed by atoms with E-state index in [2.05, 4.69) is 28.7 Å². The maximum atomic E-state index is 5.90. The average Bonchev–Trinajstić information content (AvgIpc) is 2.33. The Morgan fingerprint density at radius 3 is 2.65 bits per heavy atom. The van der Waals surface area contributed by atoms with E-state index in [9.17, 15) is 0 Å². The van der Waals surface area contributed by atoms with E-state index in [0.717, 1.165) is 18.8 Å². The van der Waals surface area contributed by atoms with Gasteiger partial charge in [0.1, 0.15) is 6.33 Å². The van der Waals surface area contributed by atoms with Crippen LogP contribution >= 0.6 is 0 Å². The SMILES string of the molecule is CC1(C)CCN(C(CN)c2ccncn2)CC1. The number of aromatic nitrogens is 2. The minimum absolute atomic E-state index is 0.245. The van der Waals surface area contributed by atoms with Crippen LogP contribution in [-0.2, 0) is 0 Å². The third-order valence-electron chi connectivity index (χ3n) is 3.76. The third kappa shape index (κ3) is 3.01. The van der Waals surface area contributed by atoms with Crippen LogP contribution in [0.5, 0.6) is 0 Å². The number of nitrogens with two attached hydrogens (primary N) is 1. The predicted octanol–water partition coefficient (Wildman–Crippen LogP) is 1.60. The maximum Gasteiger partial charge on any atom is 0.115 e. The fourth-order valence-corrected chi connectivity index (χ4v) is 2.40. The number of nitrogens with zero attached hydrogens (tertiary/aromatic N) is 3. The molecule has 0 bridgehead atoms. The Labute approximate surface area is 103 Å². The summed E-state index contributed by atoms with van der Waals surface area (Å²) in [5.74, 6) is 0. The maximum absolute atomic E-state index is 5.90. The van der Waals surface area contributed by atoms with Crippen LogP contribution in [0.15, 0.2) is 18.6 Å². The summed E-state index contributed by atoms with van der Waals surface area (Å²) >= 11 is 0. The fourth-order valence-electron chi connectivity index (χ4n) is 2.40. The second-order valence-electron chi connectivity index (χ2n) is 5.59. The summed E-state index contributed by atoms with van der Waals surface area (Å²) < 4.78 is 0. The van der Waals surface area contributed by atoms with Crippen molar-refractivity contribution in [3.05, 3.63) is 24.3 Å². The summed E-state index contributed by atoms with van der Waals surface area (Å²) in [4.78, 5) is 10.7. The molecule has 1 saturated heterocycles. The van der Waals surface area contributed by atoms with E-state index in [0.29, 0.717) is 12.0 Å². The van der Waals surface area contributed by atoms with E-state index in [4.69, 9.17) is 5.73 Å². The Morgan fingerprint density at radius 1 is 1.41 bits per heavy atom. The van der Waals surface area contributed by atoms with Crippen LogP contribution in [0.3, 0.4) is 0 Å². The van der Waals surface area contributed by atoms with E-state index < -0.39 is 0 Å². The topological polar surface area (TPSA) is 55.0 Å². The fraction of sp³-hybridized carbons (Fsp3) is 0.692. The van der Waals surface area contributed by atoms with Gasteiger partial charge in [-0.05, 0) is 37.4 Å². The molecule has 0 amide bonds. The number of piperidine rings is 1. The molecule has 0 spiro atoms. The normalized spacial score (nSPS) is 22.3. The van der Waals surface area contributed by atoms with Crippen molar-refractivity contribution >= 4 is 0 Å². The van der Waals surface area contributed by atoms with E-state index in [1.165, 1.54) is 12.8 Å². The zero-order valence-electron chi connectivity index (χ0n) is 10.8. The molecule has 1 unspecified atom stereocenters. The van der Waals surface area contributed by atoms with Crippen molar-refractivity contribution in [3.63, 3.8) is 0 Å². The summed E-state index contributed by atoms with van der Waals surface area (Å²) in [6.07, 6.45) is 5.86. The number of hydrogen-bond donors (Lipinski definition) is 1. The minimum Gasteiger partial charge on any atom is -0.329 e. The summed E-state index contributed by atoms with van der Waals surface area (Å²) in [6.45, 7) is 7.52. The summed E-state index contributed by atoms with van der Waals surface area (Å²) in [7, 11) is 0. The van der Waals surface area contributed by atoms with E-state index in [1.807, 2.05) is 6.07 Å². The van der Waals surface area contributed by atoms with Gasteiger partial charge in [0.15, 0.2) is 0 Å². The molecular formula is C13H22N4. The molecule has 0 radical (unpaired) electrons. The first kappa shape index (κ1) is 12.5. The molecule has 1 aromatic rings. The summed E-state index contributed by atoms with van der Waals surface area (Å²) in [5, 5.41) is 0. The summed E-state index contributed by atoms with van der Waals surface area (Å²) in [6, 6.07) is 2.21. The molecule has 1 aromatic heterocycles. The zero-order chi connectivity index (χ0) is 12.3. The van der Waals surface area contributed by atoms with Gasteiger partial charge in [-0.2, -0.15) is 0 Å².